The van der Waals surface area contributed by atoms with Crippen LogP contribution in [0.3, 0.4) is 0 Å². The SMILES string of the molecule is O=C(CCC(=O)OCC(=O)Nc1ccc(Br)cc1Cl)NNC(=O)c1ccccc1Cl. The van der Waals surface area contributed by atoms with Gasteiger partial charge in [-0.15, -0.1) is 0 Å². The second-order valence-electron chi connectivity index (χ2n) is 5.82. The average Bonchev–Trinajstić information content (AvgIpc) is 2.71. The zero-order chi connectivity index (χ0) is 22.1. The summed E-state index contributed by atoms with van der Waals surface area (Å²) in [5.74, 6) is -2.54. The van der Waals surface area contributed by atoms with Crippen molar-refractivity contribution in [2.75, 3.05) is 11.9 Å². The number of nitrogens with one attached hydrogen (secondary N) is 3. The Bertz CT molecular complexity index is 971. The van der Waals surface area contributed by atoms with Gasteiger partial charge in [0.15, 0.2) is 6.61 Å². The zero-order valence-electron chi connectivity index (χ0n) is 15.3. The standard InChI is InChI=1S/C19H16BrCl2N3O5/c20-11-5-6-15(14(22)9-11)23-17(27)10-30-18(28)8-7-16(26)24-25-19(29)12-3-1-2-4-13(12)21/h1-6,9H,7-8,10H2,(H,23,27)(H,24,26)(H,25,29). The minimum Gasteiger partial charge on any atom is -0.456 e. The van der Waals surface area contributed by atoms with Crippen molar-refractivity contribution in [1.82, 2.24) is 10.9 Å². The largest absolute Gasteiger partial charge is 0.456 e. The van der Waals surface area contributed by atoms with Gasteiger partial charge >= 0.3 is 5.97 Å². The number of hydrogen-bond donors (Lipinski definition) is 3. The van der Waals surface area contributed by atoms with Crippen LogP contribution in [0.1, 0.15) is 23.2 Å². The number of carbonyl (C=O) groups is 4. The molecule has 0 aliphatic heterocycles. The summed E-state index contributed by atoms with van der Waals surface area (Å²) in [5.41, 5.74) is 4.92. The van der Waals surface area contributed by atoms with Crippen molar-refractivity contribution < 1.29 is 23.9 Å². The topological polar surface area (TPSA) is 114 Å². The second kappa shape index (κ2) is 11.5. The van der Waals surface area contributed by atoms with Gasteiger partial charge in [0, 0.05) is 10.9 Å². The maximum Gasteiger partial charge on any atom is 0.306 e. The Morgan fingerprint density at radius 3 is 2.33 bits per heavy atom. The van der Waals surface area contributed by atoms with Gasteiger partial charge in [-0.2, -0.15) is 0 Å². The quantitative estimate of drug-likeness (QED) is 0.385. The Balaban J connectivity index is 1.67. The van der Waals surface area contributed by atoms with Crippen LogP contribution in [-0.2, 0) is 19.1 Å². The van der Waals surface area contributed by atoms with Gasteiger partial charge in [-0.1, -0.05) is 51.3 Å². The third-order valence-electron chi connectivity index (χ3n) is 3.56. The van der Waals surface area contributed by atoms with E-state index in [-0.39, 0.29) is 23.4 Å². The fourth-order valence-corrected chi connectivity index (χ4v) is 3.05. The molecule has 0 bridgehead atoms. The Labute approximate surface area is 190 Å². The van der Waals surface area contributed by atoms with E-state index in [4.69, 9.17) is 27.9 Å². The van der Waals surface area contributed by atoms with E-state index >= 15 is 0 Å². The molecule has 0 aliphatic rings. The molecule has 2 aromatic carbocycles. The average molecular weight is 517 g/mol. The minimum atomic E-state index is -0.750. The number of amides is 3. The smallest absolute Gasteiger partial charge is 0.306 e. The highest BCUT2D eigenvalue weighted by atomic mass is 79.9. The molecular weight excluding hydrogens is 501 g/mol. The fourth-order valence-electron chi connectivity index (χ4n) is 2.11. The molecule has 0 aliphatic carbocycles. The van der Waals surface area contributed by atoms with Crippen molar-refractivity contribution in [3.63, 3.8) is 0 Å². The Morgan fingerprint density at radius 2 is 1.63 bits per heavy atom. The maximum absolute atomic E-state index is 11.9. The van der Waals surface area contributed by atoms with Gasteiger partial charge in [-0.05, 0) is 30.3 Å². The van der Waals surface area contributed by atoms with Crippen molar-refractivity contribution in [3.8, 4) is 0 Å². The third kappa shape index (κ3) is 7.66. The van der Waals surface area contributed by atoms with E-state index in [2.05, 4.69) is 32.1 Å². The molecule has 8 nitrogen and oxygen atoms in total. The van der Waals surface area contributed by atoms with E-state index in [0.29, 0.717) is 10.7 Å². The van der Waals surface area contributed by atoms with Crippen LogP contribution in [-0.4, -0.2) is 30.3 Å². The summed E-state index contributed by atoms with van der Waals surface area (Å²) in [6.45, 7) is -0.532. The van der Waals surface area contributed by atoms with E-state index in [1.165, 1.54) is 12.1 Å². The summed E-state index contributed by atoms with van der Waals surface area (Å²) in [7, 11) is 0. The normalized spacial score (nSPS) is 10.1. The lowest BCUT2D eigenvalue weighted by Gasteiger charge is -2.09. The lowest BCUT2D eigenvalue weighted by atomic mass is 10.2. The number of ether oxygens (including phenoxy) is 1. The van der Waals surface area contributed by atoms with E-state index in [9.17, 15) is 19.2 Å². The molecule has 11 heteroatoms. The molecule has 0 radical (unpaired) electrons. The van der Waals surface area contributed by atoms with Crippen molar-refractivity contribution >= 4 is 68.5 Å². The van der Waals surface area contributed by atoms with Crippen LogP contribution >= 0.6 is 39.1 Å². The maximum atomic E-state index is 11.9. The Morgan fingerprint density at radius 1 is 0.900 bits per heavy atom. The van der Waals surface area contributed by atoms with Gasteiger partial charge in [-0.25, -0.2) is 0 Å². The highest BCUT2D eigenvalue weighted by molar-refractivity contribution is 9.10. The number of anilines is 1. The molecule has 0 spiro atoms. The molecule has 0 atom stereocenters. The summed E-state index contributed by atoms with van der Waals surface area (Å²) in [6, 6.07) is 11.2. The van der Waals surface area contributed by atoms with Crippen LogP contribution in [0.2, 0.25) is 10.0 Å². The fraction of sp³-hybridized carbons (Fsp3) is 0.158. The van der Waals surface area contributed by atoms with E-state index in [1.807, 2.05) is 0 Å². The summed E-state index contributed by atoms with van der Waals surface area (Å²) < 4.78 is 5.56. The van der Waals surface area contributed by atoms with Crippen LogP contribution in [0.5, 0.6) is 0 Å². The highest BCUT2D eigenvalue weighted by Gasteiger charge is 2.13. The summed E-state index contributed by atoms with van der Waals surface area (Å²) >= 11 is 15.1. The van der Waals surface area contributed by atoms with Gasteiger partial charge < -0.3 is 10.1 Å². The number of halogens is 3. The minimum absolute atomic E-state index is 0.191. The molecule has 30 heavy (non-hydrogen) atoms. The molecule has 3 N–H and O–H groups in total. The number of hydrogen-bond acceptors (Lipinski definition) is 5. The Hall–Kier alpha value is -2.62. The van der Waals surface area contributed by atoms with Crippen LogP contribution in [0.4, 0.5) is 5.69 Å². The van der Waals surface area contributed by atoms with E-state index in [0.717, 1.165) is 4.47 Å². The van der Waals surface area contributed by atoms with Crippen molar-refractivity contribution in [3.05, 3.63) is 62.5 Å². The monoisotopic (exact) mass is 515 g/mol. The molecule has 0 fully saturated rings. The third-order valence-corrected chi connectivity index (χ3v) is 4.70. The summed E-state index contributed by atoms with van der Waals surface area (Å²) in [6.07, 6.45) is -0.526. The number of esters is 1. The molecule has 0 unspecified atom stereocenters. The first kappa shape index (κ1) is 23.7. The number of rotatable bonds is 7. The van der Waals surface area contributed by atoms with Crippen LogP contribution in [0.25, 0.3) is 0 Å². The Kier molecular flexibility index (Phi) is 9.10. The first-order valence-corrected chi connectivity index (χ1v) is 10.1. The van der Waals surface area contributed by atoms with Crippen LogP contribution in [0.15, 0.2) is 46.9 Å². The van der Waals surface area contributed by atoms with Gasteiger partial charge in [0.05, 0.1) is 27.7 Å². The number of carbonyl (C=O) groups excluding carboxylic acids is 4. The molecular formula is C19H16BrCl2N3O5. The molecule has 158 valence electrons. The number of benzene rings is 2. The predicted molar refractivity (Wildman–Crippen MR) is 115 cm³/mol. The molecule has 3 amide bonds. The van der Waals surface area contributed by atoms with Gasteiger partial charge in [0.25, 0.3) is 11.8 Å². The molecule has 0 aromatic heterocycles. The van der Waals surface area contributed by atoms with Crippen molar-refractivity contribution in [2.45, 2.75) is 12.8 Å². The summed E-state index contributed by atoms with van der Waals surface area (Å²) in [4.78, 5) is 47.2. The number of hydrazine groups is 1. The molecule has 0 heterocycles. The predicted octanol–water partition coefficient (Wildman–Crippen LogP) is 3.48. The first-order chi connectivity index (χ1) is 14.3. The lowest BCUT2D eigenvalue weighted by molar-refractivity contribution is -0.148. The molecule has 2 aromatic rings. The highest BCUT2D eigenvalue weighted by Crippen LogP contribution is 2.25. The van der Waals surface area contributed by atoms with Gasteiger partial charge in [0.2, 0.25) is 5.91 Å². The van der Waals surface area contributed by atoms with E-state index in [1.54, 1.807) is 30.3 Å². The second-order valence-corrected chi connectivity index (χ2v) is 7.55. The summed E-state index contributed by atoms with van der Waals surface area (Å²) in [5, 5.41) is 3.06. The van der Waals surface area contributed by atoms with Crippen LogP contribution < -0.4 is 16.2 Å². The van der Waals surface area contributed by atoms with Gasteiger partial charge in [-0.3, -0.25) is 30.0 Å². The zero-order valence-corrected chi connectivity index (χ0v) is 18.4. The first-order valence-electron chi connectivity index (χ1n) is 8.50. The van der Waals surface area contributed by atoms with Crippen LogP contribution in [0, 0.1) is 0 Å². The molecule has 2 rings (SSSR count). The van der Waals surface area contributed by atoms with Crippen molar-refractivity contribution in [2.24, 2.45) is 0 Å². The molecule has 0 saturated heterocycles. The lowest BCUT2D eigenvalue weighted by Crippen LogP contribution is -2.41. The van der Waals surface area contributed by atoms with E-state index < -0.39 is 30.3 Å². The molecule has 0 saturated carbocycles. The van der Waals surface area contributed by atoms with Crippen molar-refractivity contribution in [1.29, 1.82) is 0 Å². The van der Waals surface area contributed by atoms with Gasteiger partial charge in [0.1, 0.15) is 0 Å².